The number of hydrogen-bond donors (Lipinski definition) is 1. The Morgan fingerprint density at radius 2 is 1.84 bits per heavy atom. The van der Waals surface area contributed by atoms with Crippen LogP contribution in [0.25, 0.3) is 0 Å². The summed E-state index contributed by atoms with van der Waals surface area (Å²) in [5.41, 5.74) is 1.53. The number of rotatable bonds is 4. The van der Waals surface area contributed by atoms with E-state index in [1.54, 1.807) is 48.5 Å². The summed E-state index contributed by atoms with van der Waals surface area (Å²) in [6.45, 7) is -0.236. The van der Waals surface area contributed by atoms with E-state index in [1.165, 1.54) is 4.90 Å². The Kier molecular flexibility index (Phi) is 5.13. The van der Waals surface area contributed by atoms with Gasteiger partial charge in [-0.05, 0) is 36.8 Å². The number of sulfone groups is 1. The predicted octanol–water partition coefficient (Wildman–Crippen LogP) is 2.67. The Hall–Kier alpha value is -1.89. The van der Waals surface area contributed by atoms with Crippen LogP contribution in [0.2, 0.25) is 5.02 Å². The molecule has 3 rings (SSSR count). The molecule has 1 amide bonds. The molecule has 1 heterocycles. The highest BCUT2D eigenvalue weighted by Gasteiger charge is 2.36. The first-order valence-electron chi connectivity index (χ1n) is 7.89. The maximum absolute atomic E-state index is 13.1. The van der Waals surface area contributed by atoms with E-state index in [-0.39, 0.29) is 24.0 Å². The molecule has 7 heteroatoms. The second kappa shape index (κ2) is 7.15. The number of hydrogen-bond acceptors (Lipinski definition) is 4. The zero-order valence-corrected chi connectivity index (χ0v) is 15.0. The van der Waals surface area contributed by atoms with Crippen LogP contribution in [0, 0.1) is 0 Å². The third kappa shape index (κ3) is 3.86. The van der Waals surface area contributed by atoms with Crippen molar-refractivity contribution in [1.82, 2.24) is 0 Å². The molecule has 0 radical (unpaired) electrons. The second-order valence-electron chi connectivity index (χ2n) is 6.03. The number of aliphatic hydroxyl groups is 1. The summed E-state index contributed by atoms with van der Waals surface area (Å²) in [6, 6.07) is 13.0. The van der Waals surface area contributed by atoms with Gasteiger partial charge in [-0.2, -0.15) is 0 Å². The summed E-state index contributed by atoms with van der Waals surface area (Å²) in [5.74, 6) is -0.324. The molecule has 5 nitrogen and oxygen atoms in total. The summed E-state index contributed by atoms with van der Waals surface area (Å²) >= 11 is 5.89. The number of anilines is 1. The molecule has 1 unspecified atom stereocenters. The molecular weight excluding hydrogens is 362 g/mol. The first-order chi connectivity index (χ1) is 11.9. The highest BCUT2D eigenvalue weighted by molar-refractivity contribution is 7.91. The van der Waals surface area contributed by atoms with Crippen molar-refractivity contribution in [2.75, 3.05) is 16.4 Å². The monoisotopic (exact) mass is 379 g/mol. The van der Waals surface area contributed by atoms with Gasteiger partial charge in [0, 0.05) is 21.8 Å². The summed E-state index contributed by atoms with van der Waals surface area (Å²) in [5, 5.41) is 10.1. The fraction of sp³-hybridized carbons (Fsp3) is 0.278. The first-order valence-corrected chi connectivity index (χ1v) is 10.1. The average Bonchev–Trinajstić information content (AvgIpc) is 2.95. The lowest BCUT2D eigenvalue weighted by Gasteiger charge is -2.30. The summed E-state index contributed by atoms with van der Waals surface area (Å²) in [6.07, 6.45) is 0.376. The summed E-state index contributed by atoms with van der Waals surface area (Å²) < 4.78 is 23.9. The van der Waals surface area contributed by atoms with Crippen LogP contribution in [-0.4, -0.2) is 37.0 Å². The molecule has 0 aliphatic carbocycles. The molecule has 2 aromatic rings. The molecule has 25 heavy (non-hydrogen) atoms. The van der Waals surface area contributed by atoms with E-state index in [0.29, 0.717) is 28.3 Å². The third-order valence-corrected chi connectivity index (χ3v) is 6.31. The largest absolute Gasteiger partial charge is 0.392 e. The number of benzene rings is 2. The van der Waals surface area contributed by atoms with E-state index in [0.717, 1.165) is 0 Å². The van der Waals surface area contributed by atoms with Gasteiger partial charge in [-0.1, -0.05) is 29.8 Å². The van der Waals surface area contributed by atoms with E-state index in [4.69, 9.17) is 11.6 Å². The molecule has 0 bridgehead atoms. The van der Waals surface area contributed by atoms with Crippen molar-refractivity contribution in [2.24, 2.45) is 0 Å². The fourth-order valence-corrected chi connectivity index (χ4v) is 4.89. The van der Waals surface area contributed by atoms with E-state index in [1.807, 2.05) is 0 Å². The number of carbonyl (C=O) groups is 1. The standard InChI is InChI=1S/C18H18ClNO4S/c19-15-7-5-13(6-8-15)18(22)20(16-9-10-25(23,24)12-16)17-4-2-1-3-14(17)11-21/h1-8,16,21H,9-12H2. The van der Waals surface area contributed by atoms with Crippen molar-refractivity contribution in [3.05, 3.63) is 64.7 Å². The molecule has 2 aromatic carbocycles. The lowest BCUT2D eigenvalue weighted by molar-refractivity contribution is 0.0978. The van der Waals surface area contributed by atoms with Crippen molar-refractivity contribution in [3.8, 4) is 0 Å². The maximum Gasteiger partial charge on any atom is 0.258 e. The van der Waals surface area contributed by atoms with Crippen molar-refractivity contribution in [2.45, 2.75) is 19.1 Å². The van der Waals surface area contributed by atoms with Crippen LogP contribution >= 0.6 is 11.6 Å². The van der Waals surface area contributed by atoms with Gasteiger partial charge < -0.3 is 10.0 Å². The average molecular weight is 380 g/mol. The highest BCUT2D eigenvalue weighted by Crippen LogP contribution is 2.29. The molecule has 1 N–H and O–H groups in total. The lowest BCUT2D eigenvalue weighted by Crippen LogP contribution is -2.42. The number of carbonyl (C=O) groups excluding carboxylic acids is 1. The molecule has 132 valence electrons. The fourth-order valence-electron chi connectivity index (χ4n) is 3.06. The molecule has 1 atom stereocenters. The van der Waals surface area contributed by atoms with Crippen molar-refractivity contribution < 1.29 is 18.3 Å². The van der Waals surface area contributed by atoms with E-state index >= 15 is 0 Å². The summed E-state index contributed by atoms with van der Waals surface area (Å²) in [4.78, 5) is 14.6. The highest BCUT2D eigenvalue weighted by atomic mass is 35.5. The Balaban J connectivity index is 2.05. The minimum Gasteiger partial charge on any atom is -0.392 e. The minimum absolute atomic E-state index is 0.0589. The van der Waals surface area contributed by atoms with Gasteiger partial charge in [-0.25, -0.2) is 8.42 Å². The lowest BCUT2D eigenvalue weighted by atomic mass is 10.1. The minimum atomic E-state index is -3.17. The predicted molar refractivity (Wildman–Crippen MR) is 97.7 cm³/mol. The van der Waals surface area contributed by atoms with Crippen molar-refractivity contribution in [3.63, 3.8) is 0 Å². The quantitative estimate of drug-likeness (QED) is 0.886. The molecule has 1 aliphatic heterocycles. The Morgan fingerprint density at radius 3 is 2.44 bits per heavy atom. The Morgan fingerprint density at radius 1 is 1.16 bits per heavy atom. The van der Waals surface area contributed by atoms with E-state index in [2.05, 4.69) is 0 Å². The van der Waals surface area contributed by atoms with Crippen molar-refractivity contribution >= 4 is 33.0 Å². The van der Waals surface area contributed by atoms with Gasteiger partial charge in [0.05, 0.1) is 24.2 Å². The smallest absolute Gasteiger partial charge is 0.258 e. The van der Waals surface area contributed by atoms with Gasteiger partial charge in [-0.15, -0.1) is 0 Å². The Labute approximate surface area is 151 Å². The van der Waals surface area contributed by atoms with Gasteiger partial charge in [-0.3, -0.25) is 4.79 Å². The molecule has 1 aliphatic rings. The molecule has 0 spiro atoms. The molecule has 0 aromatic heterocycles. The van der Waals surface area contributed by atoms with Crippen LogP contribution in [0.4, 0.5) is 5.69 Å². The molecular formula is C18H18ClNO4S. The van der Waals surface area contributed by atoms with Gasteiger partial charge in [0.1, 0.15) is 0 Å². The van der Waals surface area contributed by atoms with E-state index in [9.17, 15) is 18.3 Å². The topological polar surface area (TPSA) is 74.7 Å². The van der Waals surface area contributed by atoms with Crippen LogP contribution < -0.4 is 4.90 Å². The van der Waals surface area contributed by atoms with Crippen LogP contribution in [0.15, 0.2) is 48.5 Å². The van der Waals surface area contributed by atoms with Gasteiger partial charge in [0.2, 0.25) is 0 Å². The Bertz CT molecular complexity index is 880. The zero-order valence-electron chi connectivity index (χ0n) is 13.4. The third-order valence-electron chi connectivity index (χ3n) is 4.31. The van der Waals surface area contributed by atoms with Crippen LogP contribution in [0.5, 0.6) is 0 Å². The first kappa shape index (κ1) is 17.9. The van der Waals surface area contributed by atoms with Gasteiger partial charge in [0.15, 0.2) is 9.84 Å². The number of amides is 1. The number of para-hydroxylation sites is 1. The number of nitrogens with zero attached hydrogens (tertiary/aromatic N) is 1. The van der Waals surface area contributed by atoms with Crippen LogP contribution in [-0.2, 0) is 16.4 Å². The normalized spacial score (nSPS) is 18.9. The van der Waals surface area contributed by atoms with Gasteiger partial charge in [0.25, 0.3) is 5.91 Å². The maximum atomic E-state index is 13.1. The van der Waals surface area contributed by atoms with Crippen molar-refractivity contribution in [1.29, 1.82) is 0 Å². The zero-order chi connectivity index (χ0) is 18.0. The number of halogens is 1. The SMILES string of the molecule is O=C(c1ccc(Cl)cc1)N(c1ccccc1CO)C1CCS(=O)(=O)C1. The van der Waals surface area contributed by atoms with Gasteiger partial charge >= 0.3 is 0 Å². The summed E-state index contributed by atoms with van der Waals surface area (Å²) in [7, 11) is -3.17. The molecule has 1 saturated heterocycles. The molecule has 1 fully saturated rings. The van der Waals surface area contributed by atoms with Crippen LogP contribution in [0.3, 0.4) is 0 Å². The van der Waals surface area contributed by atoms with Crippen LogP contribution in [0.1, 0.15) is 22.3 Å². The number of aliphatic hydroxyl groups excluding tert-OH is 1. The second-order valence-corrected chi connectivity index (χ2v) is 8.69. The molecule has 0 saturated carbocycles. The van der Waals surface area contributed by atoms with E-state index < -0.39 is 15.9 Å².